The van der Waals surface area contributed by atoms with Crippen molar-refractivity contribution in [3.8, 4) is 5.75 Å². The van der Waals surface area contributed by atoms with E-state index in [0.29, 0.717) is 18.6 Å². The van der Waals surface area contributed by atoms with Crippen LogP contribution < -0.4 is 4.74 Å². The Hall–Kier alpha value is -2.76. The second kappa shape index (κ2) is 30.5. The minimum Gasteiger partial charge on any atom is -0.455 e. The van der Waals surface area contributed by atoms with Crippen LogP contribution in [0.4, 0.5) is 0 Å². The second-order valence-electron chi connectivity index (χ2n) is 6.84. The van der Waals surface area contributed by atoms with Crippen LogP contribution in [0.2, 0.25) is 0 Å². The van der Waals surface area contributed by atoms with Crippen LogP contribution >= 0.6 is 0 Å². The number of carbonyl (C=O) groups is 2. The first-order chi connectivity index (χ1) is 18.0. The summed E-state index contributed by atoms with van der Waals surface area (Å²) in [5, 5.41) is 35.3. The minimum atomic E-state index is -1.48. The van der Waals surface area contributed by atoms with Gasteiger partial charge in [0.25, 0.3) is 5.79 Å². The molecule has 10 heteroatoms. The van der Waals surface area contributed by atoms with Gasteiger partial charge in [-0.25, -0.2) is 30.0 Å². The Morgan fingerprint density at radius 1 is 0.789 bits per heavy atom. The SMILES string of the molecule is C=C(C)C(=O)OCC(CCCC)(OOC(=O)C(=C)C)Oc1ccccc1.[CH2]C[O].[CH2]C[O].[CH2]C[O].[CH2]C[O]. The highest BCUT2D eigenvalue weighted by Gasteiger charge is 2.38. The molecule has 0 heterocycles. The molecule has 0 saturated carbocycles. The van der Waals surface area contributed by atoms with Crippen LogP contribution in [-0.4, -0.2) is 50.8 Å². The van der Waals surface area contributed by atoms with Gasteiger partial charge in [-0.15, -0.1) is 4.89 Å². The summed E-state index contributed by atoms with van der Waals surface area (Å²) in [5.41, 5.74) is 0.418. The molecular weight excluding hydrogens is 496 g/mol. The molecule has 1 aromatic carbocycles. The number of hydrogen-bond acceptors (Lipinski definition) is 6. The standard InChI is InChI=1S/C20H26O6.4C2H4O/c1-6-7-13-20(14-23-18(21)15(2)3,26-25-19(22)16(4)5)24-17-11-9-8-10-12-17;4*1-2-3/h8-12H,2,4,6-7,13-14H2,1,3,5H3;4*1-2H2. The first kappa shape index (κ1) is 42.3. The van der Waals surface area contributed by atoms with E-state index < -0.39 is 17.7 Å². The highest BCUT2D eigenvalue weighted by atomic mass is 17.2. The molecule has 1 aromatic rings. The molecule has 0 aromatic heterocycles. The van der Waals surface area contributed by atoms with E-state index in [0.717, 1.165) is 6.42 Å². The van der Waals surface area contributed by atoms with E-state index in [4.69, 9.17) is 39.7 Å². The number of para-hydroxylation sites is 1. The van der Waals surface area contributed by atoms with Gasteiger partial charge in [0.1, 0.15) is 5.75 Å². The molecule has 10 nitrogen and oxygen atoms in total. The summed E-state index contributed by atoms with van der Waals surface area (Å²) < 4.78 is 11.2. The molecule has 214 valence electrons. The molecule has 8 radical (unpaired) electrons. The summed E-state index contributed by atoms with van der Waals surface area (Å²) in [6, 6.07) is 8.87. The maximum Gasteiger partial charge on any atom is 0.368 e. The van der Waals surface area contributed by atoms with Crippen LogP contribution in [0.3, 0.4) is 0 Å². The van der Waals surface area contributed by atoms with Crippen molar-refractivity contribution < 1.29 is 49.3 Å². The molecule has 0 spiro atoms. The van der Waals surface area contributed by atoms with Crippen molar-refractivity contribution >= 4 is 11.9 Å². The number of ether oxygens (including phenoxy) is 2. The van der Waals surface area contributed by atoms with Crippen molar-refractivity contribution in [2.24, 2.45) is 0 Å². The van der Waals surface area contributed by atoms with Crippen molar-refractivity contribution in [2.45, 2.75) is 45.8 Å². The molecule has 0 aliphatic carbocycles. The molecule has 0 aliphatic heterocycles. The van der Waals surface area contributed by atoms with Crippen LogP contribution in [0, 0.1) is 27.7 Å². The molecule has 1 atom stereocenters. The Morgan fingerprint density at radius 2 is 1.21 bits per heavy atom. The summed E-state index contributed by atoms with van der Waals surface area (Å²) in [7, 11) is 0. The van der Waals surface area contributed by atoms with Crippen LogP contribution in [0.15, 0.2) is 54.6 Å². The lowest BCUT2D eigenvalue weighted by molar-refractivity contribution is -0.391. The van der Waals surface area contributed by atoms with Gasteiger partial charge in [0.2, 0.25) is 0 Å². The molecule has 0 aliphatic rings. The fourth-order valence-corrected chi connectivity index (χ4v) is 1.87. The molecule has 0 bridgehead atoms. The predicted molar refractivity (Wildman–Crippen MR) is 141 cm³/mol. The molecule has 38 heavy (non-hydrogen) atoms. The quantitative estimate of drug-likeness (QED) is 0.125. The molecule has 0 amide bonds. The van der Waals surface area contributed by atoms with Gasteiger partial charge >= 0.3 is 11.9 Å². The van der Waals surface area contributed by atoms with Crippen molar-refractivity contribution in [3.05, 3.63) is 82.3 Å². The number of rotatable bonds is 11. The average molecular weight is 539 g/mol. The Kier molecular flexibility index (Phi) is 33.9. The van der Waals surface area contributed by atoms with Crippen LogP contribution in [0.1, 0.15) is 40.0 Å². The monoisotopic (exact) mass is 538 g/mol. The van der Waals surface area contributed by atoms with E-state index in [1.807, 2.05) is 13.0 Å². The Balaban J connectivity index is -0.000000407. The smallest absolute Gasteiger partial charge is 0.368 e. The zero-order valence-corrected chi connectivity index (χ0v) is 22.9. The topological polar surface area (TPSA) is 151 Å². The highest BCUT2D eigenvalue weighted by molar-refractivity contribution is 5.87. The number of carbonyl (C=O) groups excluding carboxylic acids is 2. The van der Waals surface area contributed by atoms with Crippen molar-refractivity contribution in [2.75, 3.05) is 33.0 Å². The van der Waals surface area contributed by atoms with E-state index >= 15 is 0 Å². The molecule has 1 unspecified atom stereocenters. The van der Waals surface area contributed by atoms with E-state index in [1.54, 1.807) is 24.3 Å². The lowest BCUT2D eigenvalue weighted by atomic mass is 10.1. The normalized spacial score (nSPS) is 10.5. The lowest BCUT2D eigenvalue weighted by Crippen LogP contribution is -2.45. The maximum atomic E-state index is 11.8. The first-order valence-corrected chi connectivity index (χ1v) is 11.6. The summed E-state index contributed by atoms with van der Waals surface area (Å²) in [6.45, 7) is 22.5. The fraction of sp³-hybridized carbons (Fsp3) is 0.429. The van der Waals surface area contributed by atoms with Gasteiger partial charge in [0, 0.05) is 17.6 Å². The zero-order valence-electron chi connectivity index (χ0n) is 22.9. The van der Waals surface area contributed by atoms with E-state index in [-0.39, 0.29) is 44.2 Å². The van der Waals surface area contributed by atoms with E-state index in [1.165, 1.54) is 13.8 Å². The van der Waals surface area contributed by atoms with Gasteiger partial charge in [-0.2, -0.15) is 0 Å². The third kappa shape index (κ3) is 27.8. The van der Waals surface area contributed by atoms with Gasteiger partial charge in [-0.1, -0.05) is 44.7 Å². The first-order valence-electron chi connectivity index (χ1n) is 11.6. The molecule has 0 N–H and O–H groups in total. The van der Waals surface area contributed by atoms with Gasteiger partial charge in [-0.3, -0.25) is 4.89 Å². The molecule has 1 rings (SSSR count). The summed E-state index contributed by atoms with van der Waals surface area (Å²) in [6.07, 6.45) is 1.87. The van der Waals surface area contributed by atoms with Gasteiger partial charge < -0.3 is 9.47 Å². The maximum absolute atomic E-state index is 11.8. The summed E-state index contributed by atoms with van der Waals surface area (Å²) >= 11 is 0. The van der Waals surface area contributed by atoms with E-state index in [9.17, 15) is 9.59 Å². The average Bonchev–Trinajstić information content (AvgIpc) is 2.87. The Morgan fingerprint density at radius 3 is 1.58 bits per heavy atom. The Labute approximate surface area is 228 Å². The third-order valence-corrected chi connectivity index (χ3v) is 3.35. The van der Waals surface area contributed by atoms with Crippen molar-refractivity contribution in [1.82, 2.24) is 0 Å². The predicted octanol–water partition coefficient (Wildman–Crippen LogP) is 5.13. The zero-order chi connectivity index (χ0) is 30.4. The van der Waals surface area contributed by atoms with Crippen LogP contribution in [0.25, 0.3) is 0 Å². The summed E-state index contributed by atoms with van der Waals surface area (Å²) in [5.74, 6) is -2.30. The number of esters is 1. The van der Waals surface area contributed by atoms with Crippen molar-refractivity contribution in [1.29, 1.82) is 0 Å². The van der Waals surface area contributed by atoms with Crippen LogP contribution in [0.5, 0.6) is 5.75 Å². The largest absolute Gasteiger partial charge is 0.455 e. The fourth-order valence-electron chi connectivity index (χ4n) is 1.87. The van der Waals surface area contributed by atoms with Gasteiger partial charge in [0.05, 0.1) is 26.4 Å². The lowest BCUT2D eigenvalue weighted by Gasteiger charge is -2.31. The molecule has 0 saturated heterocycles. The number of benzene rings is 1. The van der Waals surface area contributed by atoms with Crippen LogP contribution in [-0.2, 0) is 44.5 Å². The molecule has 0 fully saturated rings. The minimum absolute atomic E-state index is 0.174. The van der Waals surface area contributed by atoms with Gasteiger partial charge in [0.15, 0.2) is 6.61 Å². The van der Waals surface area contributed by atoms with Gasteiger partial charge in [-0.05, 0) is 60.1 Å². The Bertz CT molecular complexity index is 667. The van der Waals surface area contributed by atoms with E-state index in [2.05, 4.69) is 40.9 Å². The summed E-state index contributed by atoms with van der Waals surface area (Å²) in [4.78, 5) is 33.7. The number of hydrogen-bond donors (Lipinski definition) is 0. The third-order valence-electron chi connectivity index (χ3n) is 3.35. The number of unbranched alkanes of at least 4 members (excludes halogenated alkanes) is 1. The molecular formula is C28H42O10. The van der Waals surface area contributed by atoms with Crippen molar-refractivity contribution in [3.63, 3.8) is 0 Å². The highest BCUT2D eigenvalue weighted by Crippen LogP contribution is 2.26. The second-order valence-corrected chi connectivity index (χ2v) is 6.84.